The number of para-hydroxylation sites is 3. The molecule has 168 valence electrons. The number of ether oxygens (including phenoxy) is 1. The number of rotatable bonds is 2. The molecule has 3 aromatic rings. The molecule has 6 nitrogen and oxygen atoms in total. The van der Waals surface area contributed by atoms with Crippen molar-refractivity contribution in [3.8, 4) is 11.5 Å². The van der Waals surface area contributed by atoms with Crippen LogP contribution in [0.1, 0.15) is 30.9 Å². The minimum absolute atomic E-state index is 0.0659. The Morgan fingerprint density at radius 1 is 0.879 bits per heavy atom. The number of nitrogens with one attached hydrogen (secondary N) is 1. The van der Waals surface area contributed by atoms with Gasteiger partial charge in [0.15, 0.2) is 5.75 Å². The van der Waals surface area contributed by atoms with E-state index >= 15 is 0 Å². The van der Waals surface area contributed by atoms with Gasteiger partial charge >= 0.3 is 6.03 Å². The number of hydrogen-bond acceptors (Lipinski definition) is 4. The summed E-state index contributed by atoms with van der Waals surface area (Å²) in [6.07, 6.45) is 0. The van der Waals surface area contributed by atoms with Crippen LogP contribution < -0.4 is 10.1 Å². The van der Waals surface area contributed by atoms with Gasteiger partial charge in [0.05, 0.1) is 5.56 Å². The fourth-order valence-corrected chi connectivity index (χ4v) is 4.19. The molecular weight excluding hydrogens is 412 g/mol. The number of carbonyl (C=O) groups is 1. The zero-order valence-electron chi connectivity index (χ0n) is 19.0. The topological polar surface area (TPSA) is 57.2 Å². The number of fused-ring (bicyclic) bond motifs is 2. The van der Waals surface area contributed by atoms with Gasteiger partial charge in [0, 0.05) is 31.9 Å². The third kappa shape index (κ3) is 4.42. The van der Waals surface area contributed by atoms with Gasteiger partial charge in [0.1, 0.15) is 17.3 Å². The Hall–Kier alpha value is -3.80. The molecule has 2 aliphatic rings. The molecule has 2 heterocycles. The minimum Gasteiger partial charge on any atom is -0.454 e. The summed E-state index contributed by atoms with van der Waals surface area (Å²) in [5.74, 6) is 2.91. The lowest BCUT2D eigenvalue weighted by Gasteiger charge is -2.36. The molecule has 1 fully saturated rings. The first-order valence-corrected chi connectivity index (χ1v) is 11.4. The molecule has 0 unspecified atom stereocenters. The monoisotopic (exact) mass is 440 g/mol. The smallest absolute Gasteiger partial charge is 0.321 e. The first-order chi connectivity index (χ1) is 16.1. The normalized spacial score (nSPS) is 15.2. The van der Waals surface area contributed by atoms with Crippen LogP contribution in [-0.4, -0.2) is 47.8 Å². The van der Waals surface area contributed by atoms with Crippen LogP contribution in [0.5, 0.6) is 11.5 Å². The van der Waals surface area contributed by atoms with Gasteiger partial charge in [-0.05, 0) is 47.9 Å². The number of benzene rings is 3. The van der Waals surface area contributed by atoms with E-state index in [4.69, 9.17) is 9.73 Å². The standard InChI is InChI=1S/C27H28N4O2/c1-19(2)20-11-13-21(14-12-20)28-27(32)31-17-15-30(16-18-31)26-22-7-3-5-9-24(22)33-25-10-6-4-8-23(25)29-26/h3-14,19H,15-18H2,1-2H3,(H,28,32). The van der Waals surface area contributed by atoms with E-state index < -0.39 is 0 Å². The molecule has 0 aromatic heterocycles. The Bertz CT molecular complexity index is 1180. The number of carbonyl (C=O) groups excluding carboxylic acids is 1. The average molecular weight is 441 g/mol. The Morgan fingerprint density at radius 2 is 1.55 bits per heavy atom. The number of piperazine rings is 1. The predicted molar refractivity (Wildman–Crippen MR) is 132 cm³/mol. The molecule has 5 rings (SSSR count). The van der Waals surface area contributed by atoms with E-state index in [0.29, 0.717) is 32.1 Å². The lowest BCUT2D eigenvalue weighted by molar-refractivity contribution is 0.181. The van der Waals surface area contributed by atoms with E-state index in [-0.39, 0.29) is 6.03 Å². The largest absolute Gasteiger partial charge is 0.454 e. The van der Waals surface area contributed by atoms with Crippen molar-refractivity contribution in [3.05, 3.63) is 83.9 Å². The van der Waals surface area contributed by atoms with Gasteiger partial charge < -0.3 is 19.9 Å². The van der Waals surface area contributed by atoms with E-state index in [9.17, 15) is 4.79 Å². The van der Waals surface area contributed by atoms with Gasteiger partial charge in [0.2, 0.25) is 0 Å². The lowest BCUT2D eigenvalue weighted by Crippen LogP contribution is -2.51. The van der Waals surface area contributed by atoms with Gasteiger partial charge in [-0.3, -0.25) is 0 Å². The molecule has 6 heteroatoms. The summed E-state index contributed by atoms with van der Waals surface area (Å²) in [4.78, 5) is 21.9. The van der Waals surface area contributed by atoms with Crippen molar-refractivity contribution >= 4 is 23.2 Å². The van der Waals surface area contributed by atoms with Crippen molar-refractivity contribution in [1.29, 1.82) is 0 Å². The number of nitrogens with zero attached hydrogens (tertiary/aromatic N) is 3. The number of hydrogen-bond donors (Lipinski definition) is 1. The van der Waals surface area contributed by atoms with Crippen LogP contribution in [0.3, 0.4) is 0 Å². The third-order valence-corrected chi connectivity index (χ3v) is 6.13. The fraction of sp³-hybridized carbons (Fsp3) is 0.259. The summed E-state index contributed by atoms with van der Waals surface area (Å²) in [6, 6.07) is 23.8. The van der Waals surface area contributed by atoms with Crippen LogP contribution in [0.4, 0.5) is 16.2 Å². The van der Waals surface area contributed by atoms with Crippen LogP contribution in [0, 0.1) is 0 Å². The number of anilines is 1. The molecule has 33 heavy (non-hydrogen) atoms. The summed E-state index contributed by atoms with van der Waals surface area (Å²) in [5.41, 5.74) is 3.87. The molecule has 1 saturated heterocycles. The first kappa shape index (κ1) is 21.1. The van der Waals surface area contributed by atoms with Crippen LogP contribution in [0.25, 0.3) is 0 Å². The highest BCUT2D eigenvalue weighted by Crippen LogP contribution is 2.37. The Morgan fingerprint density at radius 3 is 2.27 bits per heavy atom. The summed E-state index contributed by atoms with van der Waals surface area (Å²) < 4.78 is 6.16. The van der Waals surface area contributed by atoms with Crippen LogP contribution in [0.2, 0.25) is 0 Å². The second kappa shape index (κ2) is 8.98. The lowest BCUT2D eigenvalue weighted by atomic mass is 10.0. The van der Waals surface area contributed by atoms with Gasteiger partial charge in [-0.1, -0.05) is 50.2 Å². The van der Waals surface area contributed by atoms with E-state index in [0.717, 1.165) is 34.3 Å². The molecule has 0 atom stereocenters. The van der Waals surface area contributed by atoms with Crippen LogP contribution in [-0.2, 0) is 0 Å². The second-order valence-electron chi connectivity index (χ2n) is 8.68. The highest BCUT2D eigenvalue weighted by Gasteiger charge is 2.27. The SMILES string of the molecule is CC(C)c1ccc(NC(=O)N2CCN(C3=Nc4ccccc4Oc4ccccc43)CC2)cc1. The third-order valence-electron chi connectivity index (χ3n) is 6.13. The maximum absolute atomic E-state index is 12.8. The molecule has 0 saturated carbocycles. The number of amides is 2. The first-order valence-electron chi connectivity index (χ1n) is 11.4. The predicted octanol–water partition coefficient (Wildman–Crippen LogP) is 5.84. The molecule has 0 aliphatic carbocycles. The Balaban J connectivity index is 1.29. The summed E-state index contributed by atoms with van der Waals surface area (Å²) in [7, 11) is 0. The van der Waals surface area contributed by atoms with E-state index in [1.165, 1.54) is 5.56 Å². The summed E-state index contributed by atoms with van der Waals surface area (Å²) >= 11 is 0. The highest BCUT2D eigenvalue weighted by molar-refractivity contribution is 6.04. The van der Waals surface area contributed by atoms with E-state index in [1.807, 2.05) is 65.6 Å². The zero-order chi connectivity index (χ0) is 22.8. The molecule has 0 bridgehead atoms. The van der Waals surface area contributed by atoms with E-state index in [2.05, 4.69) is 36.2 Å². The number of aliphatic imine (C=N–C) groups is 1. The van der Waals surface area contributed by atoms with Gasteiger partial charge in [-0.25, -0.2) is 9.79 Å². The molecular formula is C27H28N4O2. The quantitative estimate of drug-likeness (QED) is 0.544. The molecule has 2 aliphatic heterocycles. The minimum atomic E-state index is -0.0659. The number of amidine groups is 1. The van der Waals surface area contributed by atoms with Gasteiger partial charge in [0.25, 0.3) is 0 Å². The van der Waals surface area contributed by atoms with Crippen LogP contribution >= 0.6 is 0 Å². The maximum atomic E-state index is 12.8. The molecule has 0 spiro atoms. The molecule has 0 radical (unpaired) electrons. The van der Waals surface area contributed by atoms with Crippen molar-refractivity contribution in [1.82, 2.24) is 9.80 Å². The van der Waals surface area contributed by atoms with E-state index in [1.54, 1.807) is 0 Å². The molecule has 3 aromatic carbocycles. The summed E-state index contributed by atoms with van der Waals surface area (Å²) in [6.45, 7) is 6.98. The molecule has 1 N–H and O–H groups in total. The van der Waals surface area contributed by atoms with Crippen molar-refractivity contribution in [2.24, 2.45) is 4.99 Å². The van der Waals surface area contributed by atoms with Gasteiger partial charge in [-0.2, -0.15) is 0 Å². The maximum Gasteiger partial charge on any atom is 0.321 e. The Kier molecular flexibility index (Phi) is 5.73. The fourth-order valence-electron chi connectivity index (χ4n) is 4.19. The average Bonchev–Trinajstić information content (AvgIpc) is 3.01. The Labute approximate surface area is 194 Å². The van der Waals surface area contributed by atoms with Crippen LogP contribution in [0.15, 0.2) is 77.8 Å². The second-order valence-corrected chi connectivity index (χ2v) is 8.68. The molecule has 2 amide bonds. The zero-order valence-corrected chi connectivity index (χ0v) is 19.0. The number of urea groups is 1. The van der Waals surface area contributed by atoms with Crippen molar-refractivity contribution in [2.75, 3.05) is 31.5 Å². The van der Waals surface area contributed by atoms with Crippen molar-refractivity contribution in [3.63, 3.8) is 0 Å². The summed E-state index contributed by atoms with van der Waals surface area (Å²) in [5, 5.41) is 3.03. The van der Waals surface area contributed by atoms with Crippen molar-refractivity contribution in [2.45, 2.75) is 19.8 Å². The van der Waals surface area contributed by atoms with Gasteiger partial charge in [-0.15, -0.1) is 0 Å². The highest BCUT2D eigenvalue weighted by atomic mass is 16.5. The van der Waals surface area contributed by atoms with Crippen molar-refractivity contribution < 1.29 is 9.53 Å².